The van der Waals surface area contributed by atoms with E-state index in [0.717, 1.165) is 11.1 Å². The third kappa shape index (κ3) is 5.07. The minimum atomic E-state index is -0.550. The average molecular weight is 417 g/mol. The van der Waals surface area contributed by atoms with Crippen molar-refractivity contribution in [2.45, 2.75) is 39.5 Å². The van der Waals surface area contributed by atoms with Crippen LogP contribution >= 0.6 is 23.2 Å². The van der Waals surface area contributed by atoms with Gasteiger partial charge in [-0.05, 0) is 64.9 Å². The number of amides is 1. The number of hydrogen-bond donors (Lipinski definition) is 2. The van der Waals surface area contributed by atoms with Crippen molar-refractivity contribution >= 4 is 40.9 Å². The van der Waals surface area contributed by atoms with Gasteiger partial charge in [0.05, 0.1) is 10.0 Å². The lowest BCUT2D eigenvalue weighted by molar-refractivity contribution is -0.112. The Balaban J connectivity index is 2.41. The highest BCUT2D eigenvalue weighted by atomic mass is 35.5. The summed E-state index contributed by atoms with van der Waals surface area (Å²) < 4.78 is 0. The van der Waals surface area contributed by atoms with E-state index in [1.807, 2.05) is 33.8 Å². The number of nitrogens with one attached hydrogen (secondary N) is 1. The predicted octanol–water partition coefficient (Wildman–Crippen LogP) is 6.49. The van der Waals surface area contributed by atoms with E-state index in [2.05, 4.69) is 5.32 Å². The number of halogens is 2. The monoisotopic (exact) mass is 416 g/mol. The largest absolute Gasteiger partial charge is 0.507 e. The molecular weight excluding hydrogens is 395 g/mol. The van der Waals surface area contributed by atoms with Gasteiger partial charge in [-0.2, -0.15) is 5.26 Å². The number of phenols is 1. The molecule has 0 saturated carbocycles. The second-order valence-corrected chi connectivity index (χ2v) is 7.92. The van der Waals surface area contributed by atoms with Gasteiger partial charge in [0.15, 0.2) is 0 Å². The normalized spacial score (nSPS) is 11.6. The van der Waals surface area contributed by atoms with Crippen molar-refractivity contribution < 1.29 is 9.90 Å². The van der Waals surface area contributed by atoms with Gasteiger partial charge >= 0.3 is 0 Å². The molecule has 28 heavy (non-hydrogen) atoms. The summed E-state index contributed by atoms with van der Waals surface area (Å²) in [5.74, 6) is -0.0880. The summed E-state index contributed by atoms with van der Waals surface area (Å²) in [6.07, 6.45) is 1.52. The van der Waals surface area contributed by atoms with Crippen LogP contribution in [-0.2, 0) is 4.79 Å². The zero-order valence-corrected chi connectivity index (χ0v) is 17.7. The number of aromatic hydroxyl groups is 1. The number of benzene rings is 2. The average Bonchev–Trinajstić information content (AvgIpc) is 2.63. The van der Waals surface area contributed by atoms with Crippen molar-refractivity contribution in [3.8, 4) is 11.8 Å². The van der Waals surface area contributed by atoms with Crippen molar-refractivity contribution in [1.82, 2.24) is 0 Å². The third-order valence-corrected chi connectivity index (χ3v) is 5.03. The first-order chi connectivity index (χ1) is 13.1. The fourth-order valence-electron chi connectivity index (χ4n) is 2.76. The first kappa shape index (κ1) is 21.8. The molecule has 0 fully saturated rings. The van der Waals surface area contributed by atoms with E-state index in [0.29, 0.717) is 21.3 Å². The molecule has 2 aromatic carbocycles. The second-order valence-electron chi connectivity index (χ2n) is 7.11. The summed E-state index contributed by atoms with van der Waals surface area (Å²) in [6, 6.07) is 10.2. The fraction of sp³-hybridized carbons (Fsp3) is 0.273. The van der Waals surface area contributed by atoms with Gasteiger partial charge < -0.3 is 10.4 Å². The summed E-state index contributed by atoms with van der Waals surface area (Å²) in [5, 5.41) is 23.3. The van der Waals surface area contributed by atoms with Crippen LogP contribution in [0.25, 0.3) is 6.08 Å². The first-order valence-corrected chi connectivity index (χ1v) is 9.64. The van der Waals surface area contributed by atoms with Gasteiger partial charge in [0.2, 0.25) is 0 Å². The van der Waals surface area contributed by atoms with Gasteiger partial charge in [-0.1, -0.05) is 50.9 Å². The number of carbonyl (C=O) groups excluding carboxylic acids is 1. The van der Waals surface area contributed by atoms with Gasteiger partial charge in [0.1, 0.15) is 17.4 Å². The van der Waals surface area contributed by atoms with Crippen LogP contribution in [-0.4, -0.2) is 11.0 Å². The van der Waals surface area contributed by atoms with E-state index < -0.39 is 5.91 Å². The number of anilines is 1. The molecule has 1 amide bonds. The lowest BCUT2D eigenvalue weighted by Crippen LogP contribution is -2.13. The Labute approximate surface area is 175 Å². The maximum Gasteiger partial charge on any atom is 0.266 e. The number of nitriles is 1. The summed E-state index contributed by atoms with van der Waals surface area (Å²) in [4.78, 5) is 12.5. The van der Waals surface area contributed by atoms with E-state index in [1.165, 1.54) is 12.1 Å². The maximum atomic E-state index is 12.5. The van der Waals surface area contributed by atoms with E-state index >= 15 is 0 Å². The zero-order valence-electron chi connectivity index (χ0n) is 16.2. The quantitative estimate of drug-likeness (QED) is 0.431. The number of phenolic OH excluding ortho intramolecular Hbond substituents is 1. The van der Waals surface area contributed by atoms with E-state index in [9.17, 15) is 15.2 Å². The topological polar surface area (TPSA) is 73.1 Å². The molecule has 2 rings (SSSR count). The SMILES string of the molecule is CC(C)c1cc(/C=C(\C#N)C(=O)Nc2ccc(Cl)c(Cl)c2)cc(C(C)C)c1O. The highest BCUT2D eigenvalue weighted by Crippen LogP contribution is 2.35. The summed E-state index contributed by atoms with van der Waals surface area (Å²) in [7, 11) is 0. The Kier molecular flexibility index (Phi) is 7.12. The molecule has 6 heteroatoms. The van der Waals surface area contributed by atoms with E-state index in [1.54, 1.807) is 24.3 Å². The molecule has 0 unspecified atom stereocenters. The number of hydrogen-bond acceptors (Lipinski definition) is 3. The Bertz CT molecular complexity index is 944. The third-order valence-electron chi connectivity index (χ3n) is 4.29. The molecular formula is C22H22Cl2N2O2. The molecule has 2 aromatic rings. The van der Waals surface area contributed by atoms with Crippen LogP contribution < -0.4 is 5.32 Å². The van der Waals surface area contributed by atoms with Crippen molar-refractivity contribution in [3.63, 3.8) is 0 Å². The van der Waals surface area contributed by atoms with Crippen LogP contribution in [0.4, 0.5) is 5.69 Å². The molecule has 0 atom stereocenters. The highest BCUT2D eigenvalue weighted by molar-refractivity contribution is 6.42. The van der Waals surface area contributed by atoms with Crippen molar-refractivity contribution in [2.24, 2.45) is 0 Å². The van der Waals surface area contributed by atoms with Crippen LogP contribution in [0.1, 0.15) is 56.2 Å². The smallest absolute Gasteiger partial charge is 0.266 e. The van der Waals surface area contributed by atoms with Gasteiger partial charge in [-0.15, -0.1) is 0 Å². The molecule has 0 spiro atoms. The molecule has 0 heterocycles. The minimum absolute atomic E-state index is 0.0545. The number of rotatable bonds is 5. The Hall–Kier alpha value is -2.48. The predicted molar refractivity (Wildman–Crippen MR) is 115 cm³/mol. The first-order valence-electron chi connectivity index (χ1n) is 8.89. The lowest BCUT2D eigenvalue weighted by atomic mass is 9.91. The molecule has 2 N–H and O–H groups in total. The van der Waals surface area contributed by atoms with Gasteiger partial charge in [0.25, 0.3) is 5.91 Å². The van der Waals surface area contributed by atoms with Crippen molar-refractivity contribution in [2.75, 3.05) is 5.32 Å². The highest BCUT2D eigenvalue weighted by Gasteiger charge is 2.16. The standard InChI is InChI=1S/C22H22Cl2N2O2/c1-12(2)17-8-14(9-18(13(3)4)21(17)27)7-15(11-25)22(28)26-16-5-6-19(23)20(24)10-16/h5-10,12-13,27H,1-4H3,(H,26,28)/b15-7+. The zero-order chi connectivity index (χ0) is 21.0. The fourth-order valence-corrected chi connectivity index (χ4v) is 3.05. The van der Waals surface area contributed by atoms with Crippen LogP contribution in [0.15, 0.2) is 35.9 Å². The van der Waals surface area contributed by atoms with Gasteiger partial charge in [-0.3, -0.25) is 4.79 Å². The van der Waals surface area contributed by atoms with E-state index in [4.69, 9.17) is 23.2 Å². The Morgan fingerprint density at radius 2 is 1.64 bits per heavy atom. The second kappa shape index (κ2) is 9.14. The molecule has 0 aromatic heterocycles. The van der Waals surface area contributed by atoms with Crippen molar-refractivity contribution in [1.29, 1.82) is 5.26 Å². The summed E-state index contributed by atoms with van der Waals surface area (Å²) in [5.41, 5.74) is 2.63. The Morgan fingerprint density at radius 1 is 1.07 bits per heavy atom. The molecule has 0 aliphatic rings. The number of carbonyl (C=O) groups is 1. The molecule has 4 nitrogen and oxygen atoms in total. The van der Waals surface area contributed by atoms with E-state index in [-0.39, 0.29) is 23.2 Å². The molecule has 0 radical (unpaired) electrons. The summed E-state index contributed by atoms with van der Waals surface area (Å²) >= 11 is 11.8. The molecule has 146 valence electrons. The molecule has 0 aliphatic carbocycles. The maximum absolute atomic E-state index is 12.5. The molecule has 0 aliphatic heterocycles. The van der Waals surface area contributed by atoms with Crippen molar-refractivity contribution in [3.05, 3.63) is 62.6 Å². The molecule has 0 bridgehead atoms. The van der Waals surface area contributed by atoms with Crippen LogP contribution in [0.3, 0.4) is 0 Å². The minimum Gasteiger partial charge on any atom is -0.507 e. The van der Waals surface area contributed by atoms with Gasteiger partial charge in [-0.25, -0.2) is 0 Å². The summed E-state index contributed by atoms with van der Waals surface area (Å²) in [6.45, 7) is 7.92. The van der Waals surface area contributed by atoms with Crippen LogP contribution in [0.5, 0.6) is 5.75 Å². The van der Waals surface area contributed by atoms with Crippen LogP contribution in [0, 0.1) is 11.3 Å². The van der Waals surface area contributed by atoms with Crippen LogP contribution in [0.2, 0.25) is 10.0 Å². The number of nitrogens with zero attached hydrogens (tertiary/aromatic N) is 1. The lowest BCUT2D eigenvalue weighted by Gasteiger charge is -2.16. The van der Waals surface area contributed by atoms with Gasteiger partial charge in [0, 0.05) is 5.69 Å². The molecule has 0 saturated heterocycles. The Morgan fingerprint density at radius 3 is 2.11 bits per heavy atom.